The van der Waals surface area contributed by atoms with Crippen LogP contribution in [-0.4, -0.2) is 76.0 Å². The van der Waals surface area contributed by atoms with Gasteiger partial charge in [0, 0.05) is 32.1 Å². The van der Waals surface area contributed by atoms with Crippen LogP contribution < -0.4 is 10.1 Å². The fourth-order valence-electron chi connectivity index (χ4n) is 5.53. The number of methoxy groups -OCH3 is 1. The number of aromatic nitrogens is 3. The SMILES string of the molecule is COc1ccc([C@H]2CC(c3cccs3)=NN2C(=O)CSc2nnc(CNC(=O)c3ccc(S(=O)(=O)N4CCCCC4)cc3)n2C)cc1. The van der Waals surface area contributed by atoms with Crippen LogP contribution >= 0.6 is 23.1 Å². The molecule has 0 radical (unpaired) electrons. The van der Waals surface area contributed by atoms with Gasteiger partial charge < -0.3 is 14.6 Å². The number of thioether (sulfide) groups is 1. The van der Waals surface area contributed by atoms with E-state index in [0.29, 0.717) is 36.1 Å². The first-order valence-corrected chi connectivity index (χ1v) is 18.5. The van der Waals surface area contributed by atoms with Crippen molar-refractivity contribution in [2.45, 2.75) is 48.3 Å². The molecule has 0 unspecified atom stereocenters. The van der Waals surface area contributed by atoms with E-state index in [2.05, 4.69) is 15.5 Å². The number of amides is 2. The molecular weight excluding hydrogens is 659 g/mol. The maximum Gasteiger partial charge on any atom is 0.253 e. The zero-order valence-electron chi connectivity index (χ0n) is 26.0. The molecule has 15 heteroatoms. The van der Waals surface area contributed by atoms with Crippen molar-refractivity contribution in [2.24, 2.45) is 12.1 Å². The fourth-order valence-corrected chi connectivity index (χ4v) is 8.55. The normalized spacial score (nSPS) is 17.0. The third-order valence-corrected chi connectivity index (χ3v) is 12.0. The summed E-state index contributed by atoms with van der Waals surface area (Å²) in [6.07, 6.45) is 3.35. The van der Waals surface area contributed by atoms with Crippen LogP contribution in [0.15, 0.2) is 81.2 Å². The minimum absolute atomic E-state index is 0.0961. The number of ether oxygens (including phenoxy) is 1. The Hall–Kier alpha value is -4.05. The Morgan fingerprint density at radius 2 is 1.77 bits per heavy atom. The van der Waals surface area contributed by atoms with Crippen molar-refractivity contribution in [3.05, 3.63) is 87.9 Å². The average Bonchev–Trinajstić information content (AvgIpc) is 3.87. The van der Waals surface area contributed by atoms with Crippen molar-refractivity contribution in [3.8, 4) is 5.75 Å². The number of nitrogens with zero attached hydrogens (tertiary/aromatic N) is 6. The molecule has 47 heavy (non-hydrogen) atoms. The highest BCUT2D eigenvalue weighted by Crippen LogP contribution is 2.35. The van der Waals surface area contributed by atoms with Gasteiger partial charge in [-0.25, -0.2) is 13.4 Å². The summed E-state index contributed by atoms with van der Waals surface area (Å²) in [5, 5.41) is 20.1. The number of hydrogen-bond acceptors (Lipinski definition) is 10. The molecule has 1 fully saturated rings. The molecule has 4 aromatic rings. The Kier molecular flexibility index (Phi) is 10.1. The van der Waals surface area contributed by atoms with Crippen LogP contribution in [-0.2, 0) is 28.4 Å². The van der Waals surface area contributed by atoms with Gasteiger partial charge in [-0.2, -0.15) is 9.41 Å². The maximum atomic E-state index is 13.5. The van der Waals surface area contributed by atoms with Gasteiger partial charge in [0.15, 0.2) is 11.0 Å². The molecule has 12 nitrogen and oxygen atoms in total. The Morgan fingerprint density at radius 3 is 2.45 bits per heavy atom. The van der Waals surface area contributed by atoms with Crippen LogP contribution in [0.2, 0.25) is 0 Å². The number of thiophene rings is 1. The van der Waals surface area contributed by atoms with Gasteiger partial charge in [0.05, 0.1) is 40.9 Å². The van der Waals surface area contributed by atoms with Gasteiger partial charge in [0.2, 0.25) is 10.0 Å². The van der Waals surface area contributed by atoms with Crippen molar-refractivity contribution >= 4 is 50.6 Å². The molecule has 2 aliphatic rings. The predicted octanol–water partition coefficient (Wildman–Crippen LogP) is 4.46. The minimum Gasteiger partial charge on any atom is -0.497 e. The largest absolute Gasteiger partial charge is 0.497 e. The number of rotatable bonds is 11. The van der Waals surface area contributed by atoms with Crippen molar-refractivity contribution in [3.63, 3.8) is 0 Å². The summed E-state index contributed by atoms with van der Waals surface area (Å²) in [6, 6.07) is 17.4. The molecule has 6 rings (SSSR count). The molecule has 2 aliphatic heterocycles. The molecule has 1 atom stereocenters. The predicted molar refractivity (Wildman–Crippen MR) is 180 cm³/mol. The van der Waals surface area contributed by atoms with Crippen molar-refractivity contribution in [2.75, 3.05) is 26.0 Å². The Morgan fingerprint density at radius 1 is 1.02 bits per heavy atom. The fraction of sp³-hybridized carbons (Fsp3) is 0.344. The van der Waals surface area contributed by atoms with Crippen LogP contribution in [0.1, 0.15) is 58.3 Å². The summed E-state index contributed by atoms with van der Waals surface area (Å²) >= 11 is 2.84. The van der Waals surface area contributed by atoms with Gasteiger partial charge in [0.1, 0.15) is 5.75 Å². The number of piperidine rings is 1. The highest BCUT2D eigenvalue weighted by Gasteiger charge is 2.34. The summed E-state index contributed by atoms with van der Waals surface area (Å²) in [4.78, 5) is 27.6. The highest BCUT2D eigenvalue weighted by molar-refractivity contribution is 7.99. The van der Waals surface area contributed by atoms with Gasteiger partial charge >= 0.3 is 0 Å². The summed E-state index contributed by atoms with van der Waals surface area (Å²) in [5.41, 5.74) is 2.17. The molecule has 0 spiro atoms. The molecule has 1 N–H and O–H groups in total. The Bertz CT molecular complexity index is 1850. The van der Waals surface area contributed by atoms with E-state index in [0.717, 1.165) is 41.2 Å². The maximum absolute atomic E-state index is 13.5. The molecule has 1 saturated heterocycles. The van der Waals surface area contributed by atoms with Crippen molar-refractivity contribution in [1.82, 2.24) is 29.4 Å². The number of hydrazone groups is 1. The van der Waals surface area contributed by atoms with E-state index in [1.807, 2.05) is 41.8 Å². The van der Waals surface area contributed by atoms with Crippen LogP contribution in [0.25, 0.3) is 0 Å². The average molecular weight is 694 g/mol. The van der Waals surface area contributed by atoms with Gasteiger partial charge in [-0.1, -0.05) is 36.4 Å². The summed E-state index contributed by atoms with van der Waals surface area (Å²) in [7, 11) is -0.180. The second-order valence-electron chi connectivity index (χ2n) is 11.2. The topological polar surface area (TPSA) is 139 Å². The molecule has 246 valence electrons. The molecule has 2 aromatic heterocycles. The first-order chi connectivity index (χ1) is 22.7. The Labute approximate surface area is 281 Å². The molecule has 0 saturated carbocycles. The molecule has 2 amide bonds. The lowest BCUT2D eigenvalue weighted by Gasteiger charge is -2.25. The number of carbonyl (C=O) groups excluding carboxylic acids is 2. The Balaban J connectivity index is 1.06. The van der Waals surface area contributed by atoms with Crippen LogP contribution in [0, 0.1) is 0 Å². The second-order valence-corrected chi connectivity index (χ2v) is 15.0. The van der Waals surface area contributed by atoms with Gasteiger partial charge in [-0.3, -0.25) is 9.59 Å². The quantitative estimate of drug-likeness (QED) is 0.227. The highest BCUT2D eigenvalue weighted by atomic mass is 32.2. The van der Waals surface area contributed by atoms with Crippen molar-refractivity contribution in [1.29, 1.82) is 0 Å². The zero-order chi connectivity index (χ0) is 33.0. The van der Waals surface area contributed by atoms with E-state index >= 15 is 0 Å². The van der Waals surface area contributed by atoms with Gasteiger partial charge in [-0.15, -0.1) is 21.5 Å². The summed E-state index contributed by atoms with van der Waals surface area (Å²) in [5.74, 6) is 0.820. The van der Waals surface area contributed by atoms with Gasteiger partial charge in [-0.05, 0) is 66.2 Å². The molecule has 0 bridgehead atoms. The minimum atomic E-state index is -3.57. The van der Waals surface area contributed by atoms with E-state index < -0.39 is 10.0 Å². The number of carbonyl (C=O) groups is 2. The summed E-state index contributed by atoms with van der Waals surface area (Å²) in [6.45, 7) is 1.14. The molecule has 0 aliphatic carbocycles. The first-order valence-electron chi connectivity index (χ1n) is 15.2. The van der Waals surface area contributed by atoms with Crippen LogP contribution in [0.3, 0.4) is 0 Å². The van der Waals surface area contributed by atoms with Crippen LogP contribution in [0.5, 0.6) is 5.75 Å². The van der Waals surface area contributed by atoms with Crippen LogP contribution in [0.4, 0.5) is 0 Å². The molecule has 4 heterocycles. The number of hydrogen-bond donors (Lipinski definition) is 1. The van der Waals surface area contributed by atoms with E-state index in [-0.39, 0.29) is 35.0 Å². The lowest BCUT2D eigenvalue weighted by molar-refractivity contribution is -0.130. The third kappa shape index (κ3) is 7.27. The summed E-state index contributed by atoms with van der Waals surface area (Å²) < 4.78 is 34.4. The smallest absolute Gasteiger partial charge is 0.253 e. The number of benzene rings is 2. The van der Waals surface area contributed by atoms with E-state index in [4.69, 9.17) is 9.84 Å². The number of sulfonamides is 1. The monoisotopic (exact) mass is 693 g/mol. The third-order valence-electron chi connectivity index (χ3n) is 8.20. The van der Waals surface area contributed by atoms with E-state index in [9.17, 15) is 18.0 Å². The zero-order valence-corrected chi connectivity index (χ0v) is 28.5. The lowest BCUT2D eigenvalue weighted by atomic mass is 10.0. The number of nitrogens with one attached hydrogen (secondary N) is 1. The van der Waals surface area contributed by atoms with E-state index in [1.54, 1.807) is 35.1 Å². The second kappa shape index (κ2) is 14.4. The lowest BCUT2D eigenvalue weighted by Crippen LogP contribution is -2.35. The molecular formula is C32H35N7O5S3. The van der Waals surface area contributed by atoms with E-state index in [1.165, 1.54) is 40.3 Å². The van der Waals surface area contributed by atoms with Gasteiger partial charge in [0.25, 0.3) is 11.8 Å². The van der Waals surface area contributed by atoms with Crippen molar-refractivity contribution < 1.29 is 22.7 Å². The molecule has 2 aromatic carbocycles. The first kappa shape index (κ1) is 32.9. The standard InChI is InChI=1S/C32H35N7O5S3/c1-37-29(20-33-31(41)23-10-14-25(15-11-23)47(42,43)38-16-4-3-5-17-38)34-35-32(37)46-21-30(40)39-27(22-8-12-24(44-2)13-9-22)19-26(36-39)28-7-6-18-45-28/h6-15,18,27H,3-5,16-17,19-21H2,1-2H3,(H,33,41)/t27-/m1/s1.